The lowest BCUT2D eigenvalue weighted by Crippen LogP contribution is -2.31. The van der Waals surface area contributed by atoms with Crippen molar-refractivity contribution in [1.29, 1.82) is 0 Å². The molecule has 0 spiro atoms. The smallest absolute Gasteiger partial charge is 0.338 e. The third-order valence-electron chi connectivity index (χ3n) is 5.86. The van der Waals surface area contributed by atoms with Crippen LogP contribution in [0.1, 0.15) is 40.9 Å². The number of carbonyl (C=O) groups is 3. The van der Waals surface area contributed by atoms with E-state index in [4.69, 9.17) is 4.74 Å². The first-order valence-corrected chi connectivity index (χ1v) is 11.3. The quantitative estimate of drug-likeness (QED) is 0.463. The molecule has 3 aromatic rings. The van der Waals surface area contributed by atoms with Crippen molar-refractivity contribution in [2.45, 2.75) is 25.8 Å². The molecule has 0 radical (unpaired) electrons. The highest BCUT2D eigenvalue weighted by atomic mass is 16.5. The van der Waals surface area contributed by atoms with E-state index in [-0.39, 0.29) is 30.1 Å². The minimum absolute atomic E-state index is 0.00564. The third-order valence-corrected chi connectivity index (χ3v) is 5.86. The number of nitrogens with zero attached hydrogens (tertiary/aromatic N) is 1. The molecule has 2 N–H and O–H groups in total. The maximum Gasteiger partial charge on any atom is 0.338 e. The van der Waals surface area contributed by atoms with Crippen molar-refractivity contribution in [3.63, 3.8) is 0 Å². The number of aromatic hydroxyl groups is 1. The molecule has 178 valence electrons. The first-order valence-electron chi connectivity index (χ1n) is 11.3. The zero-order valence-electron chi connectivity index (χ0n) is 19.2. The normalized spacial score (nSPS) is 15.4. The number of benzene rings is 3. The Bertz CT molecular complexity index is 1260. The number of aliphatic hydroxyl groups is 1. The summed E-state index contributed by atoms with van der Waals surface area (Å²) in [5.74, 6) is -2.11. The average Bonchev–Trinajstić information content (AvgIpc) is 3.14. The average molecular weight is 472 g/mol. The van der Waals surface area contributed by atoms with Crippen molar-refractivity contribution in [2.75, 3.05) is 11.5 Å². The summed E-state index contributed by atoms with van der Waals surface area (Å²) in [4.78, 5) is 39.8. The van der Waals surface area contributed by atoms with Crippen LogP contribution in [0, 0.1) is 0 Å². The zero-order chi connectivity index (χ0) is 24.9. The van der Waals surface area contributed by atoms with Crippen LogP contribution in [0.15, 0.2) is 90.2 Å². The highest BCUT2D eigenvalue weighted by Crippen LogP contribution is 2.41. The second-order valence-corrected chi connectivity index (χ2v) is 8.11. The van der Waals surface area contributed by atoms with Gasteiger partial charge in [0.2, 0.25) is 0 Å². The topological polar surface area (TPSA) is 104 Å². The van der Waals surface area contributed by atoms with Crippen molar-refractivity contribution < 1.29 is 29.3 Å². The maximum atomic E-state index is 13.3. The van der Waals surface area contributed by atoms with Gasteiger partial charge in [-0.05, 0) is 60.9 Å². The van der Waals surface area contributed by atoms with E-state index in [0.717, 1.165) is 5.56 Å². The Morgan fingerprint density at radius 2 is 1.57 bits per heavy atom. The molecule has 1 aliphatic heterocycles. The lowest BCUT2D eigenvalue weighted by Gasteiger charge is -2.27. The van der Waals surface area contributed by atoms with Gasteiger partial charge >= 0.3 is 5.97 Å². The maximum absolute atomic E-state index is 13.3. The van der Waals surface area contributed by atoms with Gasteiger partial charge in [-0.25, -0.2) is 4.79 Å². The fraction of sp³-hybridized carbons (Fsp3) is 0.179. The Labute approximate surface area is 202 Å². The van der Waals surface area contributed by atoms with E-state index in [9.17, 15) is 24.6 Å². The van der Waals surface area contributed by atoms with Crippen molar-refractivity contribution in [3.8, 4) is 5.75 Å². The second kappa shape index (κ2) is 10.3. The van der Waals surface area contributed by atoms with E-state index in [0.29, 0.717) is 23.2 Å². The molecule has 3 aromatic carbocycles. The van der Waals surface area contributed by atoms with Crippen molar-refractivity contribution in [3.05, 3.63) is 107 Å². The van der Waals surface area contributed by atoms with E-state index < -0.39 is 23.7 Å². The third kappa shape index (κ3) is 4.94. The van der Waals surface area contributed by atoms with Crippen LogP contribution < -0.4 is 4.90 Å². The molecule has 1 aliphatic rings. The van der Waals surface area contributed by atoms with Gasteiger partial charge in [0.05, 0.1) is 23.8 Å². The van der Waals surface area contributed by atoms with Crippen LogP contribution in [0.25, 0.3) is 0 Å². The number of ether oxygens (including phenoxy) is 1. The number of Topliss-reactive ketones (excluding diaryl/α,β-unsaturated/α-hetero) is 1. The number of hydrogen-bond donors (Lipinski definition) is 2. The van der Waals surface area contributed by atoms with E-state index in [1.54, 1.807) is 31.2 Å². The fourth-order valence-electron chi connectivity index (χ4n) is 4.14. The van der Waals surface area contributed by atoms with Crippen LogP contribution in [0.3, 0.4) is 0 Å². The molecule has 1 heterocycles. The highest BCUT2D eigenvalue weighted by molar-refractivity contribution is 6.16. The molecule has 0 bridgehead atoms. The molecule has 0 aliphatic carbocycles. The van der Waals surface area contributed by atoms with Crippen molar-refractivity contribution in [2.24, 2.45) is 0 Å². The van der Waals surface area contributed by atoms with Crippen LogP contribution in [-0.4, -0.2) is 34.5 Å². The summed E-state index contributed by atoms with van der Waals surface area (Å²) in [6.45, 7) is 1.95. The molecule has 35 heavy (non-hydrogen) atoms. The molecule has 7 nitrogen and oxygen atoms in total. The molecule has 0 fully saturated rings. The number of carbonyl (C=O) groups excluding carboxylic acids is 3. The predicted molar refractivity (Wildman–Crippen MR) is 130 cm³/mol. The first kappa shape index (κ1) is 23.8. The Morgan fingerprint density at radius 3 is 2.20 bits per heavy atom. The number of ketones is 1. The van der Waals surface area contributed by atoms with E-state index in [1.165, 1.54) is 29.2 Å². The fourth-order valence-corrected chi connectivity index (χ4v) is 4.14. The first-order chi connectivity index (χ1) is 16.9. The number of phenols is 1. The van der Waals surface area contributed by atoms with Gasteiger partial charge in [0, 0.05) is 12.1 Å². The van der Waals surface area contributed by atoms with Gasteiger partial charge in [0.15, 0.2) is 11.5 Å². The molecule has 4 rings (SSSR count). The summed E-state index contributed by atoms with van der Waals surface area (Å²) in [5.41, 5.74) is 2.25. The summed E-state index contributed by atoms with van der Waals surface area (Å²) in [6, 6.07) is 20.9. The minimum atomic E-state index is -0.889. The lowest BCUT2D eigenvalue weighted by atomic mass is 9.93. The molecule has 0 saturated heterocycles. The van der Waals surface area contributed by atoms with Gasteiger partial charge in [-0.3, -0.25) is 14.5 Å². The number of aliphatic hydroxyl groups excluding tert-OH is 1. The standard InChI is InChI=1S/C28H25NO6/c1-2-35-28(34)20-9-13-21(14-10-20)29-25(19-11-15-22(30)16-12-19)24(26(32)27(29)33)23(31)17-8-18-6-4-3-5-7-18/h3-7,9-16,25,30,32H,2,8,17H2,1H3. The summed E-state index contributed by atoms with van der Waals surface area (Å²) < 4.78 is 5.01. The van der Waals surface area contributed by atoms with Crippen LogP contribution in [0.5, 0.6) is 5.75 Å². The number of rotatable bonds is 8. The van der Waals surface area contributed by atoms with Crippen LogP contribution in [-0.2, 0) is 20.7 Å². The molecule has 1 amide bonds. The molecule has 1 unspecified atom stereocenters. The predicted octanol–water partition coefficient (Wildman–Crippen LogP) is 4.67. The summed E-state index contributed by atoms with van der Waals surface area (Å²) >= 11 is 0. The number of anilines is 1. The van der Waals surface area contributed by atoms with Crippen molar-refractivity contribution >= 4 is 23.3 Å². The number of hydrogen-bond acceptors (Lipinski definition) is 6. The summed E-state index contributed by atoms with van der Waals surface area (Å²) in [5, 5.41) is 20.5. The van der Waals surface area contributed by atoms with Gasteiger partial charge in [-0.2, -0.15) is 0 Å². The molecular formula is C28H25NO6. The minimum Gasteiger partial charge on any atom is -0.508 e. The van der Waals surface area contributed by atoms with Crippen molar-refractivity contribution in [1.82, 2.24) is 0 Å². The van der Waals surface area contributed by atoms with Crippen LogP contribution in [0.2, 0.25) is 0 Å². The van der Waals surface area contributed by atoms with E-state index >= 15 is 0 Å². The molecule has 1 atom stereocenters. The molecule has 0 saturated carbocycles. The largest absolute Gasteiger partial charge is 0.508 e. The van der Waals surface area contributed by atoms with Gasteiger partial charge in [0.25, 0.3) is 5.91 Å². The van der Waals surface area contributed by atoms with Crippen LogP contribution >= 0.6 is 0 Å². The summed E-state index contributed by atoms with van der Waals surface area (Å²) in [6.07, 6.45) is 0.572. The Hall–Kier alpha value is -4.39. The monoisotopic (exact) mass is 471 g/mol. The Balaban J connectivity index is 1.69. The molecule has 0 aromatic heterocycles. The zero-order valence-corrected chi connectivity index (χ0v) is 19.2. The van der Waals surface area contributed by atoms with Crippen LogP contribution in [0.4, 0.5) is 5.69 Å². The van der Waals surface area contributed by atoms with E-state index in [1.807, 2.05) is 30.3 Å². The lowest BCUT2D eigenvalue weighted by molar-refractivity contribution is -0.118. The highest BCUT2D eigenvalue weighted by Gasteiger charge is 2.44. The number of aryl methyl sites for hydroxylation is 1. The summed E-state index contributed by atoms with van der Waals surface area (Å²) in [7, 11) is 0. The molecular weight excluding hydrogens is 446 g/mol. The van der Waals surface area contributed by atoms with Gasteiger partial charge in [-0.1, -0.05) is 42.5 Å². The SMILES string of the molecule is CCOC(=O)c1ccc(N2C(=O)C(O)=C(C(=O)CCc3ccccc3)C2c2ccc(O)cc2)cc1. The van der Waals surface area contributed by atoms with Gasteiger partial charge < -0.3 is 14.9 Å². The van der Waals surface area contributed by atoms with E-state index in [2.05, 4.69) is 0 Å². The number of amides is 1. The second-order valence-electron chi connectivity index (χ2n) is 8.11. The molecule has 7 heteroatoms. The Morgan fingerprint density at radius 1 is 0.914 bits per heavy atom. The number of phenolic OH excluding ortho intramolecular Hbond substituents is 1. The van der Waals surface area contributed by atoms with Gasteiger partial charge in [-0.15, -0.1) is 0 Å². The Kier molecular flexibility index (Phi) is 6.96. The number of esters is 1. The van der Waals surface area contributed by atoms with Gasteiger partial charge in [0.1, 0.15) is 5.75 Å².